The van der Waals surface area contributed by atoms with E-state index in [1.807, 2.05) is 0 Å². The second-order valence-corrected chi connectivity index (χ2v) is 2.68. The highest BCUT2D eigenvalue weighted by Gasteiger charge is 2.08. The molecule has 0 aromatic heterocycles. The van der Waals surface area contributed by atoms with Gasteiger partial charge in [0.1, 0.15) is 5.82 Å². The van der Waals surface area contributed by atoms with Crippen LogP contribution in [0.3, 0.4) is 0 Å². The van der Waals surface area contributed by atoms with E-state index in [2.05, 4.69) is 0 Å². The maximum absolute atomic E-state index is 12.8. The molecule has 0 aliphatic heterocycles. The molecule has 0 unspecified atom stereocenters. The number of benzene rings is 1. The van der Waals surface area contributed by atoms with Crippen LogP contribution in [0.2, 0.25) is 5.02 Å². The third-order valence-electron chi connectivity index (χ3n) is 1.54. The van der Waals surface area contributed by atoms with Gasteiger partial charge in [-0.2, -0.15) is 0 Å². The fourth-order valence-corrected chi connectivity index (χ4v) is 0.948. The lowest BCUT2D eigenvalue weighted by Gasteiger charge is -2.06. The van der Waals surface area contributed by atoms with E-state index in [0.717, 1.165) is 6.07 Å². The van der Waals surface area contributed by atoms with Crippen molar-refractivity contribution in [2.75, 3.05) is 11.5 Å². The van der Waals surface area contributed by atoms with E-state index < -0.39 is 5.82 Å². The molecule has 0 heterocycles. The molecule has 1 rings (SSSR count). The van der Waals surface area contributed by atoms with Crippen LogP contribution in [0.25, 0.3) is 0 Å². The Morgan fingerprint density at radius 3 is 2.55 bits per heavy atom. The van der Waals surface area contributed by atoms with Crippen LogP contribution in [-0.2, 0) is 0 Å². The van der Waals surface area contributed by atoms with Crippen LogP contribution in [0.5, 0.6) is 0 Å². The standard InChI is InChI=1S/C7H8ClFN2/c1-3-6(8)4(9)2-5(10)7(3)11/h2H,10-11H2,1H3. The second-order valence-electron chi connectivity index (χ2n) is 2.30. The van der Waals surface area contributed by atoms with Crippen LogP contribution in [-0.4, -0.2) is 0 Å². The van der Waals surface area contributed by atoms with Gasteiger partial charge in [-0.3, -0.25) is 0 Å². The third-order valence-corrected chi connectivity index (χ3v) is 2.00. The van der Waals surface area contributed by atoms with Crippen molar-refractivity contribution >= 4 is 23.0 Å². The maximum atomic E-state index is 12.8. The number of hydrogen-bond acceptors (Lipinski definition) is 2. The topological polar surface area (TPSA) is 52.0 Å². The number of halogens is 2. The Balaban J connectivity index is 3.46. The number of anilines is 2. The molecule has 0 saturated heterocycles. The summed E-state index contributed by atoms with van der Waals surface area (Å²) in [6.45, 7) is 1.62. The average Bonchev–Trinajstić information content (AvgIpc) is 1.97. The van der Waals surface area contributed by atoms with Crippen LogP contribution in [0.15, 0.2) is 6.07 Å². The number of nitrogens with two attached hydrogens (primary N) is 2. The summed E-state index contributed by atoms with van der Waals surface area (Å²) in [5.74, 6) is -0.532. The van der Waals surface area contributed by atoms with E-state index in [9.17, 15) is 4.39 Å². The Bertz CT molecular complexity index is 273. The van der Waals surface area contributed by atoms with Gasteiger partial charge in [0.15, 0.2) is 0 Å². The summed E-state index contributed by atoms with van der Waals surface area (Å²) in [5, 5.41) is 0.0386. The van der Waals surface area contributed by atoms with Crippen molar-refractivity contribution in [1.82, 2.24) is 0 Å². The van der Waals surface area contributed by atoms with Crippen LogP contribution in [0, 0.1) is 12.7 Å². The SMILES string of the molecule is Cc1c(N)c(N)cc(F)c1Cl. The van der Waals surface area contributed by atoms with Gasteiger partial charge < -0.3 is 11.5 Å². The summed E-state index contributed by atoms with van der Waals surface area (Å²) >= 11 is 5.54. The Kier molecular flexibility index (Phi) is 1.91. The molecular formula is C7H8ClFN2. The fraction of sp³-hybridized carbons (Fsp3) is 0.143. The van der Waals surface area contributed by atoms with Crippen molar-refractivity contribution in [3.05, 3.63) is 22.5 Å². The molecule has 2 nitrogen and oxygen atoms in total. The predicted molar refractivity (Wildman–Crippen MR) is 45.0 cm³/mol. The van der Waals surface area contributed by atoms with Crippen LogP contribution in [0.4, 0.5) is 15.8 Å². The summed E-state index contributed by atoms with van der Waals surface area (Å²) in [5.41, 5.74) is 11.9. The van der Waals surface area contributed by atoms with Gasteiger partial charge in [0.2, 0.25) is 0 Å². The number of nitrogen functional groups attached to an aromatic ring is 2. The van der Waals surface area contributed by atoms with Crippen LogP contribution < -0.4 is 11.5 Å². The van der Waals surface area contributed by atoms with Gasteiger partial charge in [-0.05, 0) is 12.5 Å². The highest BCUT2D eigenvalue weighted by atomic mass is 35.5. The Morgan fingerprint density at radius 2 is 2.00 bits per heavy atom. The molecule has 4 N–H and O–H groups in total. The summed E-state index contributed by atoms with van der Waals surface area (Å²) in [4.78, 5) is 0. The van der Waals surface area contributed by atoms with E-state index in [4.69, 9.17) is 23.1 Å². The van der Waals surface area contributed by atoms with E-state index in [1.54, 1.807) is 6.92 Å². The highest BCUT2D eigenvalue weighted by molar-refractivity contribution is 6.32. The lowest BCUT2D eigenvalue weighted by molar-refractivity contribution is 0.628. The van der Waals surface area contributed by atoms with Gasteiger partial charge in [-0.15, -0.1) is 0 Å². The molecule has 1 aromatic rings. The minimum atomic E-state index is -0.532. The second kappa shape index (κ2) is 2.58. The van der Waals surface area contributed by atoms with Gasteiger partial charge in [0.25, 0.3) is 0 Å². The normalized spacial score (nSPS) is 10.1. The van der Waals surface area contributed by atoms with E-state index in [-0.39, 0.29) is 10.7 Å². The van der Waals surface area contributed by atoms with E-state index in [0.29, 0.717) is 11.3 Å². The molecule has 0 aliphatic carbocycles. The number of hydrogen-bond donors (Lipinski definition) is 2. The molecule has 1 aromatic carbocycles. The van der Waals surface area contributed by atoms with Gasteiger partial charge in [-0.25, -0.2) is 4.39 Å². The minimum absolute atomic E-state index is 0.0386. The van der Waals surface area contributed by atoms with Crippen molar-refractivity contribution in [1.29, 1.82) is 0 Å². The summed E-state index contributed by atoms with van der Waals surface area (Å²) in [6.07, 6.45) is 0. The quantitative estimate of drug-likeness (QED) is 0.591. The summed E-state index contributed by atoms with van der Waals surface area (Å²) in [7, 11) is 0. The first kappa shape index (κ1) is 8.14. The zero-order valence-electron chi connectivity index (χ0n) is 5.99. The molecule has 0 fully saturated rings. The molecule has 0 spiro atoms. The third kappa shape index (κ3) is 1.24. The molecule has 11 heavy (non-hydrogen) atoms. The molecule has 4 heteroatoms. The first-order valence-electron chi connectivity index (χ1n) is 3.03. The zero-order chi connectivity index (χ0) is 8.59. The van der Waals surface area contributed by atoms with Crippen LogP contribution in [0.1, 0.15) is 5.56 Å². The first-order valence-corrected chi connectivity index (χ1v) is 3.41. The molecule has 0 atom stereocenters. The number of rotatable bonds is 0. The largest absolute Gasteiger partial charge is 0.397 e. The highest BCUT2D eigenvalue weighted by Crippen LogP contribution is 2.29. The van der Waals surface area contributed by atoms with E-state index >= 15 is 0 Å². The van der Waals surface area contributed by atoms with Crippen molar-refractivity contribution < 1.29 is 4.39 Å². The molecule has 0 radical (unpaired) electrons. The van der Waals surface area contributed by atoms with Crippen molar-refractivity contribution in [2.45, 2.75) is 6.92 Å². The molecule has 0 amide bonds. The average molecular weight is 175 g/mol. The van der Waals surface area contributed by atoms with Crippen molar-refractivity contribution in [3.8, 4) is 0 Å². The fourth-order valence-electron chi connectivity index (χ4n) is 0.792. The molecule has 0 saturated carbocycles. The van der Waals surface area contributed by atoms with Gasteiger partial charge in [-0.1, -0.05) is 11.6 Å². The summed E-state index contributed by atoms with van der Waals surface area (Å²) < 4.78 is 12.8. The minimum Gasteiger partial charge on any atom is -0.397 e. The van der Waals surface area contributed by atoms with E-state index in [1.165, 1.54) is 0 Å². The predicted octanol–water partition coefficient (Wildman–Crippen LogP) is 1.95. The smallest absolute Gasteiger partial charge is 0.144 e. The lowest BCUT2D eigenvalue weighted by Crippen LogP contribution is -1.99. The Labute approximate surface area is 68.9 Å². The van der Waals surface area contributed by atoms with Gasteiger partial charge >= 0.3 is 0 Å². The monoisotopic (exact) mass is 174 g/mol. The molecule has 0 aliphatic rings. The molecule has 60 valence electrons. The zero-order valence-corrected chi connectivity index (χ0v) is 6.74. The van der Waals surface area contributed by atoms with Crippen LogP contribution >= 0.6 is 11.6 Å². The van der Waals surface area contributed by atoms with Crippen molar-refractivity contribution in [2.24, 2.45) is 0 Å². The lowest BCUT2D eigenvalue weighted by atomic mass is 10.1. The van der Waals surface area contributed by atoms with Crippen molar-refractivity contribution in [3.63, 3.8) is 0 Å². The maximum Gasteiger partial charge on any atom is 0.144 e. The van der Waals surface area contributed by atoms with Gasteiger partial charge in [0.05, 0.1) is 16.4 Å². The summed E-state index contributed by atoms with van der Waals surface area (Å²) in [6, 6.07) is 1.12. The Hall–Kier alpha value is -0.960. The molecule has 0 bridgehead atoms. The Morgan fingerprint density at radius 1 is 1.45 bits per heavy atom. The molecular weight excluding hydrogens is 167 g/mol. The first-order chi connectivity index (χ1) is 5.04. The van der Waals surface area contributed by atoms with Gasteiger partial charge in [0, 0.05) is 6.07 Å².